The van der Waals surface area contributed by atoms with Crippen LogP contribution in [0.25, 0.3) is 0 Å². The van der Waals surface area contributed by atoms with Crippen molar-refractivity contribution in [3.05, 3.63) is 65.5 Å². The summed E-state index contributed by atoms with van der Waals surface area (Å²) in [5, 5.41) is 3.15. The van der Waals surface area contributed by atoms with E-state index in [0.717, 1.165) is 36.1 Å². The maximum atomic E-state index is 13.2. The first kappa shape index (κ1) is 19.4. The minimum Gasteiger partial charge on any atom is -0.497 e. The monoisotopic (exact) mass is 370 g/mol. The van der Waals surface area contributed by atoms with E-state index < -0.39 is 0 Å². The smallest absolute Gasteiger partial charge is 0.220 e. The number of carbonyl (C=O) groups excluding carboxylic acids is 1. The number of halogens is 1. The number of benzene rings is 2. The second-order valence-electron chi connectivity index (χ2n) is 7.28. The van der Waals surface area contributed by atoms with Gasteiger partial charge in [0, 0.05) is 12.5 Å². The third kappa shape index (κ3) is 5.30. The molecule has 0 aliphatic heterocycles. The fourth-order valence-electron chi connectivity index (χ4n) is 3.75. The number of hydrogen-bond acceptors (Lipinski definition) is 3. The summed E-state index contributed by atoms with van der Waals surface area (Å²) in [6.07, 6.45) is 4.15. The lowest BCUT2D eigenvalue weighted by Crippen LogP contribution is -2.34. The zero-order chi connectivity index (χ0) is 19.2. The molecule has 27 heavy (non-hydrogen) atoms. The number of carbonyl (C=O) groups is 1. The lowest BCUT2D eigenvalue weighted by Gasteiger charge is -2.22. The van der Waals surface area contributed by atoms with Crippen LogP contribution < -0.4 is 15.8 Å². The molecule has 2 aromatic carbocycles. The number of nitrogens with two attached hydrogens (primary N) is 1. The van der Waals surface area contributed by atoms with Crippen molar-refractivity contribution in [2.45, 2.75) is 44.2 Å². The molecule has 1 saturated carbocycles. The maximum absolute atomic E-state index is 13.2. The van der Waals surface area contributed by atoms with Crippen LogP contribution in [0.3, 0.4) is 0 Å². The average Bonchev–Trinajstić information content (AvgIpc) is 3.07. The lowest BCUT2D eigenvalue weighted by atomic mass is 9.96. The van der Waals surface area contributed by atoms with Gasteiger partial charge in [0.2, 0.25) is 5.91 Å². The first-order valence-electron chi connectivity index (χ1n) is 9.48. The number of ether oxygens (including phenoxy) is 1. The van der Waals surface area contributed by atoms with Gasteiger partial charge in [-0.15, -0.1) is 0 Å². The Morgan fingerprint density at radius 1 is 1.19 bits per heavy atom. The third-order valence-electron chi connectivity index (χ3n) is 5.37. The van der Waals surface area contributed by atoms with E-state index in [1.165, 1.54) is 12.1 Å². The summed E-state index contributed by atoms with van der Waals surface area (Å²) in [5.74, 6) is 0.772. The van der Waals surface area contributed by atoms with Crippen LogP contribution in [0.15, 0.2) is 48.5 Å². The van der Waals surface area contributed by atoms with Gasteiger partial charge in [-0.3, -0.25) is 4.79 Å². The molecule has 1 unspecified atom stereocenters. The van der Waals surface area contributed by atoms with Gasteiger partial charge in [0.1, 0.15) is 11.6 Å². The average molecular weight is 370 g/mol. The number of methoxy groups -OCH3 is 1. The second-order valence-corrected chi connectivity index (χ2v) is 7.28. The van der Waals surface area contributed by atoms with E-state index in [1.807, 2.05) is 24.3 Å². The van der Waals surface area contributed by atoms with Crippen molar-refractivity contribution in [2.75, 3.05) is 7.11 Å². The highest BCUT2D eigenvalue weighted by Gasteiger charge is 2.27. The van der Waals surface area contributed by atoms with Gasteiger partial charge in [-0.1, -0.05) is 30.7 Å². The first-order valence-corrected chi connectivity index (χ1v) is 9.48. The van der Waals surface area contributed by atoms with Crippen LogP contribution in [0, 0.1) is 11.7 Å². The van der Waals surface area contributed by atoms with E-state index >= 15 is 0 Å². The second kappa shape index (κ2) is 9.00. The Labute approximate surface area is 159 Å². The fourth-order valence-corrected chi connectivity index (χ4v) is 3.75. The molecule has 3 N–H and O–H groups in total. The van der Waals surface area contributed by atoms with Gasteiger partial charge in [0.25, 0.3) is 0 Å². The van der Waals surface area contributed by atoms with Crippen LogP contribution in [0.4, 0.5) is 4.39 Å². The minimum absolute atomic E-state index is 0.0141. The zero-order valence-electron chi connectivity index (χ0n) is 15.7. The van der Waals surface area contributed by atoms with Crippen molar-refractivity contribution in [1.29, 1.82) is 0 Å². The van der Waals surface area contributed by atoms with Gasteiger partial charge >= 0.3 is 0 Å². The molecular weight excluding hydrogens is 343 g/mol. The molecule has 1 amide bonds. The van der Waals surface area contributed by atoms with Crippen molar-refractivity contribution in [2.24, 2.45) is 11.7 Å². The summed E-state index contributed by atoms with van der Waals surface area (Å²) in [5.41, 5.74) is 8.07. The van der Waals surface area contributed by atoms with E-state index in [9.17, 15) is 9.18 Å². The van der Waals surface area contributed by atoms with Gasteiger partial charge in [0.05, 0.1) is 13.2 Å². The molecule has 0 bridgehead atoms. The van der Waals surface area contributed by atoms with Gasteiger partial charge in [0.15, 0.2) is 0 Å². The van der Waals surface area contributed by atoms with E-state index in [0.29, 0.717) is 12.8 Å². The lowest BCUT2D eigenvalue weighted by molar-refractivity contribution is -0.122. The molecule has 3 atom stereocenters. The molecule has 4 nitrogen and oxygen atoms in total. The van der Waals surface area contributed by atoms with E-state index in [2.05, 4.69) is 5.32 Å². The van der Waals surface area contributed by atoms with Crippen molar-refractivity contribution < 1.29 is 13.9 Å². The van der Waals surface area contributed by atoms with Crippen molar-refractivity contribution in [3.63, 3.8) is 0 Å². The van der Waals surface area contributed by atoms with Crippen LogP contribution >= 0.6 is 0 Å². The van der Waals surface area contributed by atoms with Crippen LogP contribution in [0.2, 0.25) is 0 Å². The predicted molar refractivity (Wildman–Crippen MR) is 104 cm³/mol. The molecule has 1 aliphatic rings. The number of hydrogen-bond donors (Lipinski definition) is 2. The summed E-state index contributed by atoms with van der Waals surface area (Å²) in [4.78, 5) is 12.6. The van der Waals surface area contributed by atoms with Crippen LogP contribution in [-0.2, 0) is 11.2 Å². The topological polar surface area (TPSA) is 64.3 Å². The molecule has 1 aliphatic carbocycles. The number of nitrogens with one attached hydrogen (secondary N) is 1. The highest BCUT2D eigenvalue weighted by molar-refractivity contribution is 5.77. The summed E-state index contributed by atoms with van der Waals surface area (Å²) < 4.78 is 18.4. The summed E-state index contributed by atoms with van der Waals surface area (Å²) in [6, 6.07) is 14.0. The quantitative estimate of drug-likeness (QED) is 0.780. The Kier molecular flexibility index (Phi) is 6.45. The summed E-state index contributed by atoms with van der Waals surface area (Å²) in [7, 11) is 1.62. The highest BCUT2D eigenvalue weighted by Crippen LogP contribution is 2.28. The van der Waals surface area contributed by atoms with Crippen molar-refractivity contribution >= 4 is 5.91 Å². The van der Waals surface area contributed by atoms with Crippen LogP contribution in [-0.4, -0.2) is 19.1 Å². The molecule has 0 aromatic heterocycles. The van der Waals surface area contributed by atoms with Crippen LogP contribution in [0.5, 0.6) is 5.75 Å². The van der Waals surface area contributed by atoms with E-state index in [-0.39, 0.29) is 29.7 Å². The number of amides is 1. The normalized spacial score (nSPS) is 20.3. The first-order chi connectivity index (χ1) is 13.0. The van der Waals surface area contributed by atoms with Gasteiger partial charge in [-0.25, -0.2) is 4.39 Å². The largest absolute Gasteiger partial charge is 0.497 e. The molecule has 0 heterocycles. The fraction of sp³-hybridized carbons (Fsp3) is 0.409. The van der Waals surface area contributed by atoms with Gasteiger partial charge in [-0.2, -0.15) is 0 Å². The van der Waals surface area contributed by atoms with E-state index in [1.54, 1.807) is 19.2 Å². The Morgan fingerprint density at radius 2 is 1.89 bits per heavy atom. The van der Waals surface area contributed by atoms with Crippen molar-refractivity contribution in [3.8, 4) is 5.75 Å². The highest BCUT2D eigenvalue weighted by atomic mass is 19.1. The molecule has 144 valence electrons. The molecule has 1 fully saturated rings. The Bertz CT molecular complexity index is 746. The van der Waals surface area contributed by atoms with Crippen LogP contribution in [0.1, 0.15) is 42.9 Å². The summed E-state index contributed by atoms with van der Waals surface area (Å²) >= 11 is 0. The SMILES string of the molecule is COc1ccc(C(Cc2ccc(F)cc2)NC(=O)C[C@@H]2CCC[C@H]2N)cc1. The van der Waals surface area contributed by atoms with Crippen molar-refractivity contribution in [1.82, 2.24) is 5.32 Å². The molecule has 2 aromatic rings. The Balaban J connectivity index is 1.73. The Morgan fingerprint density at radius 3 is 2.48 bits per heavy atom. The molecule has 3 rings (SSSR count). The molecular formula is C22H27FN2O2. The molecule has 0 saturated heterocycles. The van der Waals surface area contributed by atoms with Gasteiger partial charge < -0.3 is 15.8 Å². The summed E-state index contributed by atoms with van der Waals surface area (Å²) in [6.45, 7) is 0. The Hall–Kier alpha value is -2.40. The molecule has 0 spiro atoms. The van der Waals surface area contributed by atoms with Gasteiger partial charge in [-0.05, 0) is 60.6 Å². The predicted octanol–water partition coefficient (Wildman–Crippen LogP) is 3.75. The van der Waals surface area contributed by atoms with E-state index in [4.69, 9.17) is 10.5 Å². The molecule has 5 heteroatoms. The minimum atomic E-state index is -0.265. The third-order valence-corrected chi connectivity index (χ3v) is 5.37. The number of rotatable bonds is 7. The zero-order valence-corrected chi connectivity index (χ0v) is 15.7. The molecule has 0 radical (unpaired) electrons. The maximum Gasteiger partial charge on any atom is 0.220 e. The standard InChI is InChI=1S/C22H27FN2O2/c1-27-19-11-7-16(8-12-19)21(13-15-5-9-18(23)10-6-15)25-22(26)14-17-3-2-4-20(17)24/h5-12,17,20-21H,2-4,13-14,24H2,1H3,(H,25,26)/t17-,20+,21?/m0/s1.